The lowest BCUT2D eigenvalue weighted by atomic mass is 9.88. The highest BCUT2D eigenvalue weighted by Gasteiger charge is 2.30. The maximum atomic E-state index is 13.7. The average molecular weight is 611 g/mol. The van der Waals surface area contributed by atoms with E-state index in [1.165, 1.54) is 14.0 Å². The zero-order valence-electron chi connectivity index (χ0n) is 25.4. The van der Waals surface area contributed by atoms with Crippen molar-refractivity contribution >= 4 is 35.4 Å². The van der Waals surface area contributed by atoms with Crippen molar-refractivity contribution in [2.24, 2.45) is 0 Å². The van der Waals surface area contributed by atoms with Crippen molar-refractivity contribution in [3.8, 4) is 11.5 Å². The number of rotatable bonds is 16. The van der Waals surface area contributed by atoms with Crippen LogP contribution in [0.4, 0.5) is 0 Å². The van der Waals surface area contributed by atoms with Gasteiger partial charge >= 0.3 is 5.97 Å². The van der Waals surface area contributed by atoms with Crippen molar-refractivity contribution in [3.63, 3.8) is 0 Å². The first kappa shape index (κ1) is 33.9. The van der Waals surface area contributed by atoms with Crippen molar-refractivity contribution in [2.75, 3.05) is 13.7 Å². The molecule has 0 aliphatic carbocycles. The largest absolute Gasteiger partial charge is 0.507 e. The van der Waals surface area contributed by atoms with Crippen LogP contribution in [0, 0.1) is 0 Å². The van der Waals surface area contributed by atoms with E-state index in [0.717, 1.165) is 25.7 Å². The molecule has 1 aromatic heterocycles. The molecule has 0 fully saturated rings. The highest BCUT2D eigenvalue weighted by molar-refractivity contribution is 7.80. The Labute approximate surface area is 258 Å². The topological polar surface area (TPSA) is 123 Å². The van der Waals surface area contributed by atoms with Crippen molar-refractivity contribution in [1.82, 2.24) is 0 Å². The number of allylic oxidation sites excluding steroid dienone is 1. The number of esters is 1. The van der Waals surface area contributed by atoms with E-state index in [2.05, 4.69) is 12.6 Å². The molecular weight excluding hydrogens is 568 g/mol. The van der Waals surface area contributed by atoms with E-state index in [-0.39, 0.29) is 28.4 Å². The molecule has 3 aromatic rings. The van der Waals surface area contributed by atoms with Gasteiger partial charge in [-0.05, 0) is 69.4 Å². The number of ether oxygens (including phenoxy) is 2. The number of phenols is 1. The van der Waals surface area contributed by atoms with Crippen LogP contribution in [-0.4, -0.2) is 41.8 Å². The molecule has 3 rings (SSSR count). The van der Waals surface area contributed by atoms with Gasteiger partial charge in [0.15, 0.2) is 11.2 Å². The third-order valence-corrected chi connectivity index (χ3v) is 7.65. The van der Waals surface area contributed by atoms with E-state index < -0.39 is 23.4 Å². The lowest BCUT2D eigenvalue weighted by Gasteiger charge is -2.21. The molecule has 8 nitrogen and oxygen atoms in total. The number of carbonyl (C=O) groups is 2. The van der Waals surface area contributed by atoms with Gasteiger partial charge < -0.3 is 24.1 Å². The van der Waals surface area contributed by atoms with Crippen LogP contribution in [0.5, 0.6) is 11.5 Å². The van der Waals surface area contributed by atoms with Crippen LogP contribution in [0.25, 0.3) is 11.0 Å². The number of aromatic hydroxyl groups is 1. The highest BCUT2D eigenvalue weighted by atomic mass is 32.1. The SMILES string of the molecule is CCCC[C@H](O)[C@H](C=CCCCCOc1ccc(C(C)=O)c(O)c1CCC)c1c(C(=O)OC)oc2cc(S)ccc2c1=O. The fourth-order valence-corrected chi connectivity index (χ4v) is 5.26. The van der Waals surface area contributed by atoms with Gasteiger partial charge in [-0.25, -0.2) is 4.79 Å². The zero-order chi connectivity index (χ0) is 31.5. The Bertz CT molecular complexity index is 1510. The predicted molar refractivity (Wildman–Crippen MR) is 170 cm³/mol. The number of fused-ring (bicyclic) bond motifs is 1. The summed E-state index contributed by atoms with van der Waals surface area (Å²) in [6.07, 6.45) is 8.34. The number of hydrogen-bond acceptors (Lipinski definition) is 9. The Hall–Kier alpha value is -3.56. The van der Waals surface area contributed by atoms with Crippen LogP contribution < -0.4 is 10.2 Å². The van der Waals surface area contributed by atoms with E-state index >= 15 is 0 Å². The summed E-state index contributed by atoms with van der Waals surface area (Å²) >= 11 is 4.31. The molecule has 0 radical (unpaired) electrons. The minimum atomic E-state index is -0.907. The Morgan fingerprint density at radius 2 is 1.86 bits per heavy atom. The zero-order valence-corrected chi connectivity index (χ0v) is 26.2. The summed E-state index contributed by atoms with van der Waals surface area (Å²) in [7, 11) is 1.22. The summed E-state index contributed by atoms with van der Waals surface area (Å²) in [5.74, 6) is -1.42. The first-order valence-corrected chi connectivity index (χ1v) is 15.3. The summed E-state index contributed by atoms with van der Waals surface area (Å²) < 4.78 is 16.8. The Morgan fingerprint density at radius 3 is 2.53 bits per heavy atom. The third-order valence-electron chi connectivity index (χ3n) is 7.37. The van der Waals surface area contributed by atoms with Crippen molar-refractivity contribution in [2.45, 2.75) is 89.1 Å². The van der Waals surface area contributed by atoms with E-state index in [9.17, 15) is 24.6 Å². The molecule has 0 spiro atoms. The van der Waals surface area contributed by atoms with Crippen LogP contribution >= 0.6 is 12.6 Å². The molecule has 2 atom stereocenters. The lowest BCUT2D eigenvalue weighted by molar-refractivity contribution is 0.0560. The molecule has 0 saturated carbocycles. The number of ketones is 1. The molecule has 0 aliphatic rings. The Morgan fingerprint density at radius 1 is 1.09 bits per heavy atom. The number of benzene rings is 2. The molecule has 1 heterocycles. The highest BCUT2D eigenvalue weighted by Crippen LogP contribution is 2.33. The van der Waals surface area contributed by atoms with Crippen molar-refractivity contribution < 1.29 is 33.7 Å². The number of carbonyl (C=O) groups excluding carboxylic acids is 2. The molecule has 2 N–H and O–H groups in total. The predicted octanol–water partition coefficient (Wildman–Crippen LogP) is 7.17. The number of Topliss-reactive ketones (excluding diaryl/α,β-unsaturated/α-hetero) is 1. The number of aliphatic hydroxyl groups excluding tert-OH is 1. The second kappa shape index (κ2) is 16.3. The molecule has 0 amide bonds. The summed E-state index contributed by atoms with van der Waals surface area (Å²) in [5, 5.41) is 22.0. The van der Waals surface area contributed by atoms with Crippen molar-refractivity contribution in [3.05, 3.63) is 75.2 Å². The smallest absolute Gasteiger partial charge is 0.374 e. The number of methoxy groups -OCH3 is 1. The molecule has 2 aromatic carbocycles. The van der Waals surface area contributed by atoms with Gasteiger partial charge in [-0.15, -0.1) is 12.6 Å². The number of aliphatic hydroxyl groups is 1. The van der Waals surface area contributed by atoms with E-state index in [0.29, 0.717) is 59.4 Å². The molecule has 0 aliphatic heterocycles. The quantitative estimate of drug-likeness (QED) is 0.0513. The second-order valence-corrected chi connectivity index (χ2v) is 11.1. The van der Waals surface area contributed by atoms with Gasteiger partial charge in [-0.1, -0.05) is 45.3 Å². The van der Waals surface area contributed by atoms with Crippen LogP contribution in [0.1, 0.15) is 104 Å². The molecule has 232 valence electrons. The molecule has 9 heteroatoms. The van der Waals surface area contributed by atoms with E-state index in [1.807, 2.05) is 19.9 Å². The summed E-state index contributed by atoms with van der Waals surface area (Å²) in [4.78, 5) is 38.8. The Balaban J connectivity index is 1.78. The summed E-state index contributed by atoms with van der Waals surface area (Å²) in [6.45, 7) is 5.85. The van der Waals surface area contributed by atoms with Crippen LogP contribution in [-0.2, 0) is 11.2 Å². The monoisotopic (exact) mass is 610 g/mol. The first-order valence-electron chi connectivity index (χ1n) is 14.9. The number of thiol groups is 1. The van der Waals surface area contributed by atoms with E-state index in [4.69, 9.17) is 13.9 Å². The summed E-state index contributed by atoms with van der Waals surface area (Å²) in [6, 6.07) is 8.17. The van der Waals surface area contributed by atoms with Gasteiger partial charge in [-0.3, -0.25) is 9.59 Å². The van der Waals surface area contributed by atoms with Gasteiger partial charge in [0, 0.05) is 16.4 Å². The lowest BCUT2D eigenvalue weighted by Crippen LogP contribution is -2.27. The van der Waals surface area contributed by atoms with E-state index in [1.54, 1.807) is 36.4 Å². The minimum Gasteiger partial charge on any atom is -0.507 e. The molecule has 0 bridgehead atoms. The van der Waals surface area contributed by atoms with Gasteiger partial charge in [0.2, 0.25) is 5.76 Å². The molecule has 43 heavy (non-hydrogen) atoms. The standard InChI is InChI=1S/C34H42O8S/c1-5-7-14-27(36)24(30-32(38)26-16-15-22(43)20-29(26)42-33(30)34(39)40-4)13-10-8-9-11-19-41-28-18-17-23(21(3)35)31(37)25(28)12-6-2/h10,13,15-18,20,24,27,36-37,43H,5-9,11-12,14,19H2,1-4H3/t24-,27-/m0/s1. The summed E-state index contributed by atoms with van der Waals surface area (Å²) in [5.41, 5.74) is 0.833. The maximum absolute atomic E-state index is 13.7. The molecular formula is C34H42O8S. The minimum absolute atomic E-state index is 0.0157. The maximum Gasteiger partial charge on any atom is 0.374 e. The number of unbranched alkanes of at least 4 members (excludes halogenated alkanes) is 3. The first-order chi connectivity index (χ1) is 20.6. The van der Waals surface area contributed by atoms with Gasteiger partial charge in [0.25, 0.3) is 0 Å². The molecule has 0 unspecified atom stereocenters. The average Bonchev–Trinajstić information content (AvgIpc) is 2.98. The van der Waals surface area contributed by atoms with Gasteiger partial charge in [0.1, 0.15) is 17.1 Å². The Kier molecular flexibility index (Phi) is 12.9. The van der Waals surface area contributed by atoms with Gasteiger partial charge in [0.05, 0.1) is 36.3 Å². The van der Waals surface area contributed by atoms with Crippen molar-refractivity contribution in [1.29, 1.82) is 0 Å². The fraction of sp³-hybridized carbons (Fsp3) is 0.441. The number of hydrogen-bond donors (Lipinski definition) is 3. The number of phenolic OH excluding ortho intramolecular Hbond substituents is 1. The van der Waals surface area contributed by atoms with Gasteiger partial charge in [-0.2, -0.15) is 0 Å². The molecule has 0 saturated heterocycles. The fourth-order valence-electron chi connectivity index (χ4n) is 5.07. The second-order valence-electron chi connectivity index (χ2n) is 10.6. The third kappa shape index (κ3) is 8.51. The van der Waals surface area contributed by atoms with Crippen LogP contribution in [0.15, 0.2) is 56.6 Å². The van der Waals surface area contributed by atoms with Crippen LogP contribution in [0.3, 0.4) is 0 Å². The van der Waals surface area contributed by atoms with Crippen LogP contribution in [0.2, 0.25) is 0 Å². The normalized spacial score (nSPS) is 12.9.